The second-order valence-electron chi connectivity index (χ2n) is 11.9. The van der Waals surface area contributed by atoms with Crippen LogP contribution in [0.2, 0.25) is 0 Å². The molecule has 42 heavy (non-hydrogen) atoms. The number of aliphatic imine (C=N–C) groups is 1. The van der Waals surface area contributed by atoms with Gasteiger partial charge in [0.2, 0.25) is 0 Å². The van der Waals surface area contributed by atoms with Crippen molar-refractivity contribution in [3.8, 4) is 0 Å². The number of hydrogen-bond acceptors (Lipinski definition) is 5. The third-order valence-corrected chi connectivity index (χ3v) is 10.3. The Balaban J connectivity index is 1.45. The van der Waals surface area contributed by atoms with E-state index in [9.17, 15) is 13.2 Å². The zero-order valence-electron chi connectivity index (χ0n) is 25.0. The molecule has 7 rings (SSSR count). The summed E-state index contributed by atoms with van der Waals surface area (Å²) in [6.45, 7) is 7.90. The predicted octanol–water partition coefficient (Wildman–Crippen LogP) is 6.75. The average Bonchev–Trinajstić information content (AvgIpc) is 3.10. The number of sulfonamides is 1. The van der Waals surface area contributed by atoms with Crippen LogP contribution in [0.4, 0.5) is 11.4 Å². The molecule has 1 aliphatic carbocycles. The Kier molecular flexibility index (Phi) is 9.95. The number of nitrogens with zero attached hydrogens (tertiary/aromatic N) is 3. The average molecular weight is 589 g/mol. The first-order valence-corrected chi connectivity index (χ1v) is 16.9. The van der Waals surface area contributed by atoms with Crippen molar-refractivity contribution >= 4 is 33.5 Å². The Morgan fingerprint density at radius 1 is 0.905 bits per heavy atom. The fraction of sp³-hybridized carbons (Fsp3) is 0.471. The van der Waals surface area contributed by atoms with Crippen molar-refractivity contribution in [1.29, 1.82) is 0 Å². The van der Waals surface area contributed by atoms with Crippen molar-refractivity contribution in [2.24, 2.45) is 16.8 Å². The number of aryl methyl sites for hydroxylation is 1. The highest BCUT2D eigenvalue weighted by Gasteiger charge is 2.24. The SMILES string of the molecule is C/C=C1\C=C/[C@@H]2CCCC[C@H](C=Nc3c(C)cccc3NS(=O)(=O)c3ccc(cc3)C(=O)N3CCN(CC3)C1)CCC2. The Morgan fingerprint density at radius 3 is 2.33 bits per heavy atom. The van der Waals surface area contributed by atoms with Crippen molar-refractivity contribution < 1.29 is 13.2 Å². The van der Waals surface area contributed by atoms with Crippen LogP contribution < -0.4 is 4.72 Å². The van der Waals surface area contributed by atoms with Crippen molar-refractivity contribution in [3.63, 3.8) is 0 Å². The van der Waals surface area contributed by atoms with Crippen molar-refractivity contribution in [2.45, 2.75) is 63.7 Å². The van der Waals surface area contributed by atoms with Crippen LogP contribution in [-0.2, 0) is 10.0 Å². The molecular formula is C34H44N4O3S. The lowest BCUT2D eigenvalue weighted by Crippen LogP contribution is -2.49. The van der Waals surface area contributed by atoms with Crippen LogP contribution in [-0.4, -0.2) is 63.1 Å². The van der Waals surface area contributed by atoms with E-state index >= 15 is 0 Å². The molecule has 1 N–H and O–H groups in total. The normalized spacial score (nSPS) is 25.8. The van der Waals surface area contributed by atoms with Gasteiger partial charge in [-0.1, -0.05) is 49.6 Å². The van der Waals surface area contributed by atoms with Gasteiger partial charge in [0.15, 0.2) is 0 Å². The summed E-state index contributed by atoms with van der Waals surface area (Å²) in [7, 11) is -3.87. The van der Waals surface area contributed by atoms with E-state index in [4.69, 9.17) is 4.99 Å². The van der Waals surface area contributed by atoms with Gasteiger partial charge in [0.1, 0.15) is 0 Å². The fourth-order valence-corrected chi connectivity index (χ4v) is 7.27. The summed E-state index contributed by atoms with van der Waals surface area (Å²) in [6.07, 6.45) is 17.1. The molecule has 1 saturated carbocycles. The van der Waals surface area contributed by atoms with Gasteiger partial charge in [-0.25, -0.2) is 8.42 Å². The van der Waals surface area contributed by atoms with Gasteiger partial charge in [-0.15, -0.1) is 0 Å². The van der Waals surface area contributed by atoms with Gasteiger partial charge in [-0.3, -0.25) is 19.4 Å². The maximum Gasteiger partial charge on any atom is 0.261 e. The Morgan fingerprint density at radius 2 is 1.60 bits per heavy atom. The highest BCUT2D eigenvalue weighted by Crippen LogP contribution is 2.32. The van der Waals surface area contributed by atoms with Gasteiger partial charge in [-0.2, -0.15) is 0 Å². The fourth-order valence-electron chi connectivity index (χ4n) is 6.21. The molecule has 5 aliphatic rings. The van der Waals surface area contributed by atoms with Gasteiger partial charge in [0.05, 0.1) is 16.3 Å². The smallest absolute Gasteiger partial charge is 0.261 e. The maximum atomic E-state index is 13.4. The van der Waals surface area contributed by atoms with Crippen LogP contribution in [0, 0.1) is 18.8 Å². The lowest BCUT2D eigenvalue weighted by atomic mass is 9.95. The zero-order valence-corrected chi connectivity index (χ0v) is 25.8. The summed E-state index contributed by atoms with van der Waals surface area (Å²) in [6, 6.07) is 11.8. The quantitative estimate of drug-likeness (QED) is 0.369. The number of carbonyl (C=O) groups is 1. The highest BCUT2D eigenvalue weighted by molar-refractivity contribution is 7.92. The summed E-state index contributed by atoms with van der Waals surface area (Å²) in [4.78, 5) is 22.5. The topological polar surface area (TPSA) is 82.1 Å². The molecule has 0 spiro atoms. The van der Waals surface area contributed by atoms with Gasteiger partial charge >= 0.3 is 0 Å². The molecule has 2 aromatic carbocycles. The molecular weight excluding hydrogens is 544 g/mol. The summed E-state index contributed by atoms with van der Waals surface area (Å²) in [5.41, 5.74) is 3.86. The number of anilines is 1. The molecule has 7 nitrogen and oxygen atoms in total. The number of rotatable bonds is 0. The van der Waals surface area contributed by atoms with Gasteiger partial charge in [0, 0.05) is 44.5 Å². The second-order valence-corrected chi connectivity index (χ2v) is 13.6. The minimum absolute atomic E-state index is 0.0645. The van der Waals surface area contributed by atoms with Crippen LogP contribution in [0.3, 0.4) is 0 Å². The largest absolute Gasteiger partial charge is 0.336 e. The molecule has 6 bridgehead atoms. The summed E-state index contributed by atoms with van der Waals surface area (Å²) in [5, 5.41) is 0. The Labute approximate surface area is 251 Å². The molecule has 8 heteroatoms. The third kappa shape index (κ3) is 7.58. The monoisotopic (exact) mass is 588 g/mol. The number of piperazine rings is 1. The number of hydrogen-bond donors (Lipinski definition) is 1. The molecule has 2 fully saturated rings. The minimum atomic E-state index is -3.87. The van der Waals surface area contributed by atoms with Crippen LogP contribution in [0.1, 0.15) is 67.8 Å². The van der Waals surface area contributed by atoms with E-state index in [1.807, 2.05) is 30.2 Å². The number of allylic oxidation sites excluding steroid dienone is 2. The molecule has 4 aliphatic heterocycles. The minimum Gasteiger partial charge on any atom is -0.336 e. The van der Waals surface area contributed by atoms with Crippen LogP contribution in [0.5, 0.6) is 0 Å². The molecule has 0 aromatic heterocycles. The first kappa shape index (κ1) is 30.2. The highest BCUT2D eigenvalue weighted by atomic mass is 32.2. The molecule has 2 aromatic rings. The molecule has 1 amide bonds. The third-order valence-electron chi connectivity index (χ3n) is 8.88. The van der Waals surface area contributed by atoms with E-state index in [1.165, 1.54) is 43.4 Å². The molecule has 4 heterocycles. The van der Waals surface area contributed by atoms with E-state index in [0.717, 1.165) is 44.5 Å². The van der Waals surface area contributed by atoms with E-state index in [-0.39, 0.29) is 10.8 Å². The Bertz CT molecular complexity index is 1440. The maximum absolute atomic E-state index is 13.4. The first-order chi connectivity index (χ1) is 20.3. The number of amides is 1. The second kappa shape index (κ2) is 13.8. The van der Waals surface area contributed by atoms with Crippen LogP contribution in [0.15, 0.2) is 76.2 Å². The standard InChI is InChI=1S/C34H44N4O3S/c1-3-27-14-15-28-9-4-5-10-29(12-7-11-28)24-35-33-26(2)8-6-13-32(33)36-42(40,41)31-18-16-30(17-19-31)34(39)38-22-20-37(25-27)21-23-38/h3,6,8,13-19,24,28-29,36H,4-5,7,9-12,20-23,25H2,1-2H3/b15-14-,27-3+,35-24?/t28-,29+/m1/s1. The van der Waals surface area contributed by atoms with Gasteiger partial charge in [0.25, 0.3) is 15.9 Å². The molecule has 224 valence electrons. The lowest BCUT2D eigenvalue weighted by molar-refractivity contribution is 0.0648. The molecule has 2 atom stereocenters. The van der Waals surface area contributed by atoms with Crippen LogP contribution in [0.25, 0.3) is 0 Å². The number of nitrogens with one attached hydrogen (secondary N) is 1. The molecule has 0 radical (unpaired) electrons. The predicted molar refractivity (Wildman–Crippen MR) is 171 cm³/mol. The van der Waals surface area contributed by atoms with E-state index in [1.54, 1.807) is 18.2 Å². The number of benzene rings is 2. The first-order valence-electron chi connectivity index (χ1n) is 15.4. The van der Waals surface area contributed by atoms with Crippen molar-refractivity contribution in [2.75, 3.05) is 37.4 Å². The summed E-state index contributed by atoms with van der Waals surface area (Å²) in [5.74, 6) is 0.890. The molecule has 0 unspecified atom stereocenters. The Hall–Kier alpha value is -3.23. The number of fused-ring (bicyclic) bond motifs is 2. The summed E-state index contributed by atoms with van der Waals surface area (Å²) < 4.78 is 29.5. The van der Waals surface area contributed by atoms with Gasteiger partial charge in [-0.05, 0) is 92.8 Å². The summed E-state index contributed by atoms with van der Waals surface area (Å²) >= 11 is 0. The lowest BCUT2D eigenvalue weighted by Gasteiger charge is -2.35. The van der Waals surface area contributed by atoms with Crippen molar-refractivity contribution in [3.05, 3.63) is 77.4 Å². The molecule has 1 saturated heterocycles. The number of carbonyl (C=O) groups excluding carboxylic acids is 1. The van der Waals surface area contributed by atoms with E-state index in [0.29, 0.717) is 41.9 Å². The zero-order chi connectivity index (χ0) is 29.5. The van der Waals surface area contributed by atoms with Gasteiger partial charge < -0.3 is 4.90 Å². The van der Waals surface area contributed by atoms with Crippen molar-refractivity contribution in [1.82, 2.24) is 9.80 Å². The van der Waals surface area contributed by atoms with E-state index in [2.05, 4.69) is 34.8 Å². The van der Waals surface area contributed by atoms with Crippen LogP contribution >= 0.6 is 0 Å². The van der Waals surface area contributed by atoms with E-state index < -0.39 is 10.0 Å². The number of para-hydroxylation sites is 1.